The molecule has 1 atom stereocenters. The molecule has 20 heavy (non-hydrogen) atoms. The van der Waals surface area contributed by atoms with Crippen molar-refractivity contribution >= 4 is 5.82 Å². The Bertz CT molecular complexity index is 359. The number of methoxy groups -OCH3 is 2. The minimum Gasteiger partial charge on any atom is -0.389 e. The van der Waals surface area contributed by atoms with E-state index in [2.05, 4.69) is 10.3 Å². The van der Waals surface area contributed by atoms with Crippen LogP contribution in [0.4, 0.5) is 5.82 Å². The standard InChI is InChI=1S/C14H25N3O3/c1-17(10-13(18)11-20-3)14-5-4-12(9-16-14)8-15-6-7-19-2/h4-5,9,13,15,18H,6-8,10-11H2,1-3H3. The Kier molecular flexibility index (Phi) is 8.13. The van der Waals surface area contributed by atoms with Crippen molar-refractivity contribution in [3.63, 3.8) is 0 Å². The van der Waals surface area contributed by atoms with Gasteiger partial charge in [-0.15, -0.1) is 0 Å². The summed E-state index contributed by atoms with van der Waals surface area (Å²) in [5.74, 6) is 0.834. The molecule has 1 rings (SSSR count). The number of hydrogen-bond donors (Lipinski definition) is 2. The fourth-order valence-electron chi connectivity index (χ4n) is 1.81. The Morgan fingerprint density at radius 1 is 1.35 bits per heavy atom. The van der Waals surface area contributed by atoms with Gasteiger partial charge in [-0.2, -0.15) is 0 Å². The summed E-state index contributed by atoms with van der Waals surface area (Å²) in [5.41, 5.74) is 1.12. The van der Waals surface area contributed by atoms with Gasteiger partial charge in [0.2, 0.25) is 0 Å². The van der Waals surface area contributed by atoms with E-state index in [0.29, 0.717) is 19.8 Å². The zero-order valence-electron chi connectivity index (χ0n) is 12.5. The van der Waals surface area contributed by atoms with E-state index in [1.807, 2.05) is 30.3 Å². The van der Waals surface area contributed by atoms with E-state index in [9.17, 15) is 5.11 Å². The lowest BCUT2D eigenvalue weighted by atomic mass is 10.2. The number of ether oxygens (including phenoxy) is 2. The minimum absolute atomic E-state index is 0.325. The topological polar surface area (TPSA) is 66.9 Å². The predicted octanol–water partition coefficient (Wildman–Crippen LogP) is 0.261. The highest BCUT2D eigenvalue weighted by atomic mass is 16.5. The molecule has 1 unspecified atom stereocenters. The van der Waals surface area contributed by atoms with Crippen LogP contribution < -0.4 is 10.2 Å². The van der Waals surface area contributed by atoms with E-state index in [1.165, 1.54) is 0 Å². The lowest BCUT2D eigenvalue weighted by Gasteiger charge is -2.21. The van der Waals surface area contributed by atoms with Crippen LogP contribution in [0.5, 0.6) is 0 Å². The minimum atomic E-state index is -0.512. The van der Waals surface area contributed by atoms with E-state index in [4.69, 9.17) is 9.47 Å². The molecule has 1 aromatic rings. The molecule has 0 saturated carbocycles. The summed E-state index contributed by atoms with van der Waals surface area (Å²) >= 11 is 0. The molecule has 0 amide bonds. The number of nitrogens with zero attached hydrogens (tertiary/aromatic N) is 2. The van der Waals surface area contributed by atoms with Crippen molar-refractivity contribution in [2.75, 3.05) is 52.5 Å². The smallest absolute Gasteiger partial charge is 0.128 e. The molecule has 1 heterocycles. The lowest BCUT2D eigenvalue weighted by molar-refractivity contribution is 0.0694. The normalized spacial score (nSPS) is 12.4. The van der Waals surface area contributed by atoms with Crippen LogP contribution in [-0.2, 0) is 16.0 Å². The molecule has 1 aromatic heterocycles. The van der Waals surface area contributed by atoms with Crippen LogP contribution in [0.3, 0.4) is 0 Å². The second-order valence-corrected chi connectivity index (χ2v) is 4.68. The number of pyridine rings is 1. The molecule has 6 nitrogen and oxygen atoms in total. The molecule has 0 spiro atoms. The van der Waals surface area contributed by atoms with Gasteiger partial charge in [-0.05, 0) is 11.6 Å². The van der Waals surface area contributed by atoms with Crippen LogP contribution in [0.15, 0.2) is 18.3 Å². The average molecular weight is 283 g/mol. The Hall–Kier alpha value is -1.21. The number of likely N-dealkylation sites (N-methyl/N-ethyl adjacent to an activating group) is 1. The van der Waals surface area contributed by atoms with E-state index in [1.54, 1.807) is 14.2 Å². The summed E-state index contributed by atoms with van der Waals surface area (Å²) in [6.07, 6.45) is 1.33. The Labute approximate surface area is 120 Å². The molecule has 0 radical (unpaired) electrons. The molecular weight excluding hydrogens is 258 g/mol. The van der Waals surface area contributed by atoms with Gasteiger partial charge < -0.3 is 24.8 Å². The number of hydrogen-bond acceptors (Lipinski definition) is 6. The van der Waals surface area contributed by atoms with E-state index in [-0.39, 0.29) is 0 Å². The van der Waals surface area contributed by atoms with E-state index >= 15 is 0 Å². The SMILES string of the molecule is COCCNCc1ccc(N(C)CC(O)COC)nc1. The van der Waals surface area contributed by atoms with Gasteiger partial charge in [0, 0.05) is 47.1 Å². The first-order valence-electron chi connectivity index (χ1n) is 6.70. The monoisotopic (exact) mass is 283 g/mol. The zero-order valence-corrected chi connectivity index (χ0v) is 12.5. The fourth-order valence-corrected chi connectivity index (χ4v) is 1.81. The van der Waals surface area contributed by atoms with E-state index in [0.717, 1.165) is 24.5 Å². The van der Waals surface area contributed by atoms with Crippen molar-refractivity contribution in [3.05, 3.63) is 23.9 Å². The van der Waals surface area contributed by atoms with Gasteiger partial charge >= 0.3 is 0 Å². The second-order valence-electron chi connectivity index (χ2n) is 4.68. The molecule has 0 aliphatic carbocycles. The molecule has 2 N–H and O–H groups in total. The van der Waals surface area contributed by atoms with Crippen molar-refractivity contribution in [1.82, 2.24) is 10.3 Å². The first kappa shape index (κ1) is 16.8. The molecule has 114 valence electrons. The van der Waals surface area contributed by atoms with Crippen molar-refractivity contribution in [3.8, 4) is 0 Å². The summed E-state index contributed by atoms with van der Waals surface area (Å²) in [5, 5.41) is 13.0. The molecule has 6 heteroatoms. The second kappa shape index (κ2) is 9.66. The Morgan fingerprint density at radius 2 is 2.15 bits per heavy atom. The number of aliphatic hydroxyl groups is 1. The lowest BCUT2D eigenvalue weighted by Crippen LogP contribution is -2.32. The van der Waals surface area contributed by atoms with Crippen LogP contribution in [-0.4, -0.2) is 63.8 Å². The molecule has 0 aromatic carbocycles. The fraction of sp³-hybridized carbons (Fsp3) is 0.643. The van der Waals surface area contributed by atoms with Crippen molar-refractivity contribution in [2.24, 2.45) is 0 Å². The molecule has 0 saturated heterocycles. The van der Waals surface area contributed by atoms with Crippen molar-refractivity contribution < 1.29 is 14.6 Å². The van der Waals surface area contributed by atoms with Crippen LogP contribution in [0, 0.1) is 0 Å². The summed E-state index contributed by atoms with van der Waals surface area (Å²) < 4.78 is 9.88. The van der Waals surface area contributed by atoms with E-state index < -0.39 is 6.10 Å². The van der Waals surface area contributed by atoms with Crippen molar-refractivity contribution in [1.29, 1.82) is 0 Å². The van der Waals surface area contributed by atoms with Gasteiger partial charge in [0.05, 0.1) is 19.3 Å². The Balaban J connectivity index is 2.40. The molecule has 0 bridgehead atoms. The first-order chi connectivity index (χ1) is 9.67. The summed E-state index contributed by atoms with van der Waals surface area (Å²) in [6, 6.07) is 3.98. The zero-order chi connectivity index (χ0) is 14.8. The number of aliphatic hydroxyl groups excluding tert-OH is 1. The number of rotatable bonds is 10. The maximum absolute atomic E-state index is 9.69. The number of aromatic nitrogens is 1. The van der Waals surface area contributed by atoms with Gasteiger partial charge in [-0.25, -0.2) is 4.98 Å². The van der Waals surface area contributed by atoms with Crippen LogP contribution in [0.25, 0.3) is 0 Å². The first-order valence-corrected chi connectivity index (χ1v) is 6.70. The van der Waals surface area contributed by atoms with Gasteiger partial charge in [0.25, 0.3) is 0 Å². The molecule has 0 fully saturated rings. The quantitative estimate of drug-likeness (QED) is 0.601. The molecular formula is C14H25N3O3. The highest BCUT2D eigenvalue weighted by molar-refractivity contribution is 5.38. The Morgan fingerprint density at radius 3 is 2.75 bits per heavy atom. The van der Waals surface area contributed by atoms with Crippen LogP contribution >= 0.6 is 0 Å². The third-order valence-corrected chi connectivity index (χ3v) is 2.86. The third-order valence-electron chi connectivity index (χ3n) is 2.86. The number of anilines is 1. The predicted molar refractivity (Wildman–Crippen MR) is 79.0 cm³/mol. The summed E-state index contributed by atoms with van der Waals surface area (Å²) in [7, 11) is 5.16. The molecule has 0 aliphatic rings. The average Bonchev–Trinajstić information content (AvgIpc) is 2.44. The summed E-state index contributed by atoms with van der Waals surface area (Å²) in [4.78, 5) is 6.30. The largest absolute Gasteiger partial charge is 0.389 e. The van der Waals surface area contributed by atoms with Crippen LogP contribution in [0.2, 0.25) is 0 Å². The summed E-state index contributed by atoms with van der Waals surface area (Å²) in [6.45, 7) is 3.11. The highest BCUT2D eigenvalue weighted by Crippen LogP contribution is 2.10. The van der Waals surface area contributed by atoms with Crippen LogP contribution in [0.1, 0.15) is 5.56 Å². The maximum Gasteiger partial charge on any atom is 0.128 e. The molecule has 0 aliphatic heterocycles. The van der Waals surface area contributed by atoms with Gasteiger partial charge in [0.1, 0.15) is 5.82 Å². The van der Waals surface area contributed by atoms with Gasteiger partial charge in [-0.1, -0.05) is 6.07 Å². The highest BCUT2D eigenvalue weighted by Gasteiger charge is 2.09. The maximum atomic E-state index is 9.69. The van der Waals surface area contributed by atoms with Gasteiger partial charge in [-0.3, -0.25) is 0 Å². The van der Waals surface area contributed by atoms with Gasteiger partial charge in [0.15, 0.2) is 0 Å². The number of nitrogens with one attached hydrogen (secondary N) is 1. The van der Waals surface area contributed by atoms with Crippen molar-refractivity contribution in [2.45, 2.75) is 12.6 Å². The third kappa shape index (κ3) is 6.29.